The molecule has 7 heteroatoms. The molecule has 3 rings (SSSR count). The van der Waals surface area contributed by atoms with Gasteiger partial charge in [0.25, 0.3) is 5.91 Å². The number of hydrogen-bond acceptors (Lipinski definition) is 3. The molecule has 0 unspecified atom stereocenters. The normalized spacial score (nSPS) is 14.3. The second kappa shape index (κ2) is 7.53. The fourth-order valence-electron chi connectivity index (χ4n) is 2.92. The molecule has 5 nitrogen and oxygen atoms in total. The highest BCUT2D eigenvalue weighted by atomic mass is 35.5. The van der Waals surface area contributed by atoms with Crippen LogP contribution in [0.3, 0.4) is 0 Å². The van der Waals surface area contributed by atoms with Crippen LogP contribution in [0.4, 0.5) is 15.8 Å². The summed E-state index contributed by atoms with van der Waals surface area (Å²) in [6.45, 7) is 2.09. The van der Waals surface area contributed by atoms with Crippen molar-refractivity contribution in [1.29, 1.82) is 0 Å². The van der Waals surface area contributed by atoms with Crippen molar-refractivity contribution in [1.82, 2.24) is 4.90 Å². The van der Waals surface area contributed by atoms with Gasteiger partial charge < -0.3 is 15.1 Å². The van der Waals surface area contributed by atoms with E-state index in [2.05, 4.69) is 10.2 Å². The van der Waals surface area contributed by atoms with E-state index in [1.54, 1.807) is 29.2 Å². The maximum Gasteiger partial charge on any atom is 0.256 e. The molecule has 1 N–H and O–H groups in total. The molecule has 0 spiro atoms. The average Bonchev–Trinajstić information content (AvgIpc) is 2.62. The van der Waals surface area contributed by atoms with E-state index in [0.717, 1.165) is 5.69 Å². The number of carbonyl (C=O) groups is 2. The third-order valence-electron chi connectivity index (χ3n) is 4.18. The summed E-state index contributed by atoms with van der Waals surface area (Å²) in [5, 5.41) is 3.17. The van der Waals surface area contributed by atoms with Gasteiger partial charge in [-0.2, -0.15) is 0 Å². The number of nitrogens with one attached hydrogen (secondary N) is 1. The quantitative estimate of drug-likeness (QED) is 0.852. The number of amides is 2. The van der Waals surface area contributed by atoms with Gasteiger partial charge in [0.2, 0.25) is 6.41 Å². The van der Waals surface area contributed by atoms with Gasteiger partial charge in [0.05, 0.1) is 16.9 Å². The molecule has 0 atom stereocenters. The standard InChI is InChI=1S/C18H17ClFN3O2/c19-13-5-6-17(16(11-13)21-12-24)22-7-9-23(10-8-22)18(25)14-3-1-2-4-15(14)20/h1-6,11-12H,7-10H2,(H,21,24). The van der Waals surface area contributed by atoms with Gasteiger partial charge in [0.1, 0.15) is 5.82 Å². The van der Waals surface area contributed by atoms with Crippen molar-refractivity contribution in [2.24, 2.45) is 0 Å². The van der Waals surface area contributed by atoms with Crippen LogP contribution >= 0.6 is 11.6 Å². The first-order chi connectivity index (χ1) is 12.1. The van der Waals surface area contributed by atoms with Crippen molar-refractivity contribution < 1.29 is 14.0 Å². The molecule has 2 aromatic carbocycles. The number of carbonyl (C=O) groups excluding carboxylic acids is 2. The van der Waals surface area contributed by atoms with Crippen molar-refractivity contribution in [2.45, 2.75) is 0 Å². The van der Waals surface area contributed by atoms with Crippen LogP contribution in [0.25, 0.3) is 0 Å². The van der Waals surface area contributed by atoms with Gasteiger partial charge in [-0.05, 0) is 30.3 Å². The molecule has 0 saturated carbocycles. The number of halogens is 2. The Bertz CT molecular complexity index is 792. The van der Waals surface area contributed by atoms with Crippen molar-refractivity contribution >= 4 is 35.3 Å². The molecular weight excluding hydrogens is 345 g/mol. The van der Waals surface area contributed by atoms with E-state index in [1.165, 1.54) is 12.1 Å². The Labute approximate surface area is 150 Å². The number of anilines is 2. The summed E-state index contributed by atoms with van der Waals surface area (Å²) in [4.78, 5) is 27.0. The third kappa shape index (κ3) is 3.74. The maximum absolute atomic E-state index is 13.8. The summed E-state index contributed by atoms with van der Waals surface area (Å²) in [5.74, 6) is -0.815. The minimum atomic E-state index is -0.509. The smallest absolute Gasteiger partial charge is 0.256 e. The summed E-state index contributed by atoms with van der Waals surface area (Å²) < 4.78 is 13.8. The molecule has 0 aliphatic carbocycles. The van der Waals surface area contributed by atoms with E-state index in [0.29, 0.717) is 43.3 Å². The van der Waals surface area contributed by atoms with Crippen LogP contribution in [0.5, 0.6) is 0 Å². The van der Waals surface area contributed by atoms with E-state index < -0.39 is 5.82 Å². The first-order valence-electron chi connectivity index (χ1n) is 7.88. The van der Waals surface area contributed by atoms with Crippen LogP contribution in [0.15, 0.2) is 42.5 Å². The van der Waals surface area contributed by atoms with E-state index in [9.17, 15) is 14.0 Å². The Balaban J connectivity index is 1.71. The number of rotatable bonds is 4. The fourth-order valence-corrected chi connectivity index (χ4v) is 3.09. The van der Waals surface area contributed by atoms with E-state index in [-0.39, 0.29) is 11.5 Å². The first-order valence-corrected chi connectivity index (χ1v) is 8.26. The van der Waals surface area contributed by atoms with Crippen LogP contribution in [0.1, 0.15) is 10.4 Å². The average molecular weight is 362 g/mol. The maximum atomic E-state index is 13.8. The molecule has 2 aromatic rings. The topological polar surface area (TPSA) is 52.7 Å². The predicted molar refractivity (Wildman–Crippen MR) is 95.7 cm³/mol. The highest BCUT2D eigenvalue weighted by molar-refractivity contribution is 6.31. The second-order valence-corrected chi connectivity index (χ2v) is 6.12. The highest BCUT2D eigenvalue weighted by Gasteiger charge is 2.25. The van der Waals surface area contributed by atoms with Gasteiger partial charge in [0.15, 0.2) is 0 Å². The lowest BCUT2D eigenvalue weighted by molar-refractivity contribution is -0.105. The Morgan fingerprint density at radius 3 is 2.52 bits per heavy atom. The molecule has 1 fully saturated rings. The van der Waals surface area contributed by atoms with Gasteiger partial charge in [-0.15, -0.1) is 0 Å². The zero-order valence-corrected chi connectivity index (χ0v) is 14.2. The Kier molecular flexibility index (Phi) is 5.19. The number of nitrogens with zero attached hydrogens (tertiary/aromatic N) is 2. The molecule has 0 aromatic heterocycles. The SMILES string of the molecule is O=CNc1cc(Cl)ccc1N1CCN(C(=O)c2ccccc2F)CC1. The second-order valence-electron chi connectivity index (χ2n) is 5.68. The van der Waals surface area contributed by atoms with Crippen LogP contribution in [-0.4, -0.2) is 43.4 Å². The molecule has 0 bridgehead atoms. The van der Waals surface area contributed by atoms with E-state index in [1.807, 2.05) is 6.07 Å². The van der Waals surface area contributed by atoms with Crippen LogP contribution in [0.2, 0.25) is 5.02 Å². The largest absolute Gasteiger partial charge is 0.366 e. The van der Waals surface area contributed by atoms with Crippen LogP contribution in [-0.2, 0) is 4.79 Å². The monoisotopic (exact) mass is 361 g/mol. The summed E-state index contributed by atoms with van der Waals surface area (Å²) in [6, 6.07) is 11.3. The zero-order valence-electron chi connectivity index (χ0n) is 13.4. The zero-order chi connectivity index (χ0) is 17.8. The Morgan fingerprint density at radius 1 is 1.12 bits per heavy atom. The Hall–Kier alpha value is -2.60. The number of hydrogen-bond donors (Lipinski definition) is 1. The van der Waals surface area contributed by atoms with Gasteiger partial charge in [0, 0.05) is 31.2 Å². The lowest BCUT2D eigenvalue weighted by atomic mass is 10.1. The predicted octanol–water partition coefficient (Wildman–Crippen LogP) is 3.01. The first kappa shape index (κ1) is 17.2. The fraction of sp³-hybridized carbons (Fsp3) is 0.222. The molecule has 1 aliphatic rings. The minimum Gasteiger partial charge on any atom is -0.366 e. The third-order valence-corrected chi connectivity index (χ3v) is 4.42. The molecule has 1 aliphatic heterocycles. The summed E-state index contributed by atoms with van der Waals surface area (Å²) in [6.07, 6.45) is 0.604. The van der Waals surface area contributed by atoms with Crippen LogP contribution < -0.4 is 10.2 Å². The van der Waals surface area contributed by atoms with Crippen molar-refractivity contribution in [2.75, 3.05) is 36.4 Å². The molecule has 0 radical (unpaired) electrons. The van der Waals surface area contributed by atoms with Gasteiger partial charge in [-0.25, -0.2) is 4.39 Å². The van der Waals surface area contributed by atoms with Crippen molar-refractivity contribution in [3.05, 3.63) is 58.9 Å². The summed E-state index contributed by atoms with van der Waals surface area (Å²) >= 11 is 5.98. The minimum absolute atomic E-state index is 0.0887. The summed E-state index contributed by atoms with van der Waals surface area (Å²) in [7, 11) is 0. The molecule has 1 saturated heterocycles. The van der Waals surface area contributed by atoms with Gasteiger partial charge in [-0.1, -0.05) is 23.7 Å². The van der Waals surface area contributed by atoms with Crippen LogP contribution in [0, 0.1) is 5.82 Å². The van der Waals surface area contributed by atoms with Gasteiger partial charge >= 0.3 is 0 Å². The van der Waals surface area contributed by atoms with Crippen molar-refractivity contribution in [3.8, 4) is 0 Å². The lowest BCUT2D eigenvalue weighted by Crippen LogP contribution is -2.49. The highest BCUT2D eigenvalue weighted by Crippen LogP contribution is 2.29. The molecule has 130 valence electrons. The number of benzene rings is 2. The molecule has 25 heavy (non-hydrogen) atoms. The lowest BCUT2D eigenvalue weighted by Gasteiger charge is -2.37. The van der Waals surface area contributed by atoms with E-state index in [4.69, 9.17) is 11.6 Å². The molecule has 1 heterocycles. The molecular formula is C18H17ClFN3O2. The number of piperazine rings is 1. The van der Waals surface area contributed by atoms with Crippen molar-refractivity contribution in [3.63, 3.8) is 0 Å². The molecule has 2 amide bonds. The van der Waals surface area contributed by atoms with E-state index >= 15 is 0 Å². The Morgan fingerprint density at radius 2 is 1.84 bits per heavy atom. The summed E-state index contributed by atoms with van der Waals surface area (Å²) in [5.41, 5.74) is 1.55. The van der Waals surface area contributed by atoms with Gasteiger partial charge in [-0.3, -0.25) is 9.59 Å².